The SMILES string of the molecule is Cn1nc(Br)c2c(N3CCOC[C@H]3c3nnc(-c4ccccc4)o3)ncnc21. The van der Waals surface area contributed by atoms with E-state index >= 15 is 0 Å². The summed E-state index contributed by atoms with van der Waals surface area (Å²) < 4.78 is 14.1. The molecule has 1 saturated heterocycles. The van der Waals surface area contributed by atoms with Crippen LogP contribution in [0.2, 0.25) is 0 Å². The number of hydrogen-bond acceptors (Lipinski definition) is 8. The van der Waals surface area contributed by atoms with E-state index in [1.54, 1.807) is 11.0 Å². The van der Waals surface area contributed by atoms with Crippen LogP contribution >= 0.6 is 15.9 Å². The molecule has 4 heterocycles. The maximum atomic E-state index is 5.99. The fourth-order valence-corrected chi connectivity index (χ4v) is 3.96. The Kier molecular flexibility index (Phi) is 4.29. The van der Waals surface area contributed by atoms with Crippen molar-refractivity contribution in [3.8, 4) is 11.5 Å². The summed E-state index contributed by atoms with van der Waals surface area (Å²) in [5, 5.41) is 13.8. The maximum Gasteiger partial charge on any atom is 0.247 e. The highest BCUT2D eigenvalue weighted by molar-refractivity contribution is 9.10. The summed E-state index contributed by atoms with van der Waals surface area (Å²) in [6.07, 6.45) is 1.54. The molecule has 0 unspecified atom stereocenters. The normalized spacial score (nSPS) is 17.4. The number of aromatic nitrogens is 6. The van der Waals surface area contributed by atoms with Gasteiger partial charge in [0.1, 0.15) is 22.8 Å². The van der Waals surface area contributed by atoms with Crippen LogP contribution in [0.1, 0.15) is 11.9 Å². The smallest absolute Gasteiger partial charge is 0.247 e. The molecule has 10 heteroatoms. The molecule has 4 aromatic rings. The number of rotatable bonds is 3. The van der Waals surface area contributed by atoms with E-state index in [0.717, 1.165) is 22.4 Å². The van der Waals surface area contributed by atoms with Gasteiger partial charge in [-0.05, 0) is 28.1 Å². The highest BCUT2D eigenvalue weighted by atomic mass is 79.9. The zero-order valence-electron chi connectivity index (χ0n) is 15.0. The molecule has 9 nitrogen and oxygen atoms in total. The molecule has 142 valence electrons. The number of benzene rings is 1. The molecule has 1 aliphatic heterocycles. The van der Waals surface area contributed by atoms with Crippen LogP contribution in [0.3, 0.4) is 0 Å². The third-order valence-corrected chi connectivity index (χ3v) is 5.26. The molecule has 0 spiro atoms. The lowest BCUT2D eigenvalue weighted by molar-refractivity contribution is 0.0859. The molecule has 0 radical (unpaired) electrons. The Hall–Kier alpha value is -2.85. The zero-order valence-corrected chi connectivity index (χ0v) is 16.6. The number of fused-ring (bicyclic) bond motifs is 1. The Morgan fingerprint density at radius 1 is 1.14 bits per heavy atom. The molecule has 5 rings (SSSR count). The maximum absolute atomic E-state index is 5.99. The second-order valence-corrected chi connectivity index (χ2v) is 7.16. The van der Waals surface area contributed by atoms with Crippen LogP contribution < -0.4 is 4.90 Å². The highest BCUT2D eigenvalue weighted by Crippen LogP contribution is 2.35. The third-order valence-electron chi connectivity index (χ3n) is 4.70. The monoisotopic (exact) mass is 441 g/mol. The van der Waals surface area contributed by atoms with Gasteiger partial charge in [0, 0.05) is 19.2 Å². The van der Waals surface area contributed by atoms with Crippen molar-refractivity contribution in [1.29, 1.82) is 0 Å². The summed E-state index contributed by atoms with van der Waals surface area (Å²) in [5.41, 5.74) is 1.63. The molecule has 28 heavy (non-hydrogen) atoms. The largest absolute Gasteiger partial charge is 0.418 e. The van der Waals surface area contributed by atoms with Crippen molar-refractivity contribution in [2.45, 2.75) is 6.04 Å². The lowest BCUT2D eigenvalue weighted by Crippen LogP contribution is -2.40. The van der Waals surface area contributed by atoms with E-state index in [1.165, 1.54) is 0 Å². The molecule has 0 bridgehead atoms. The molecule has 0 aliphatic carbocycles. The number of anilines is 1. The number of nitrogens with zero attached hydrogens (tertiary/aromatic N) is 7. The summed E-state index contributed by atoms with van der Waals surface area (Å²) in [6.45, 7) is 1.65. The van der Waals surface area contributed by atoms with E-state index in [4.69, 9.17) is 9.15 Å². The molecule has 1 fully saturated rings. The van der Waals surface area contributed by atoms with Crippen molar-refractivity contribution in [2.75, 3.05) is 24.7 Å². The van der Waals surface area contributed by atoms with Crippen LogP contribution in [-0.2, 0) is 11.8 Å². The second-order valence-electron chi connectivity index (χ2n) is 6.41. The van der Waals surface area contributed by atoms with Crippen molar-refractivity contribution in [3.05, 3.63) is 47.2 Å². The standard InChI is InChI=1S/C18H16BrN7O2/c1-25-15-13(14(19)24-25)16(21-10-20-15)26-7-8-27-9-12(26)18-23-22-17(28-18)11-5-3-2-4-6-11/h2-6,10,12H,7-9H2,1H3/t12-/m0/s1. The van der Waals surface area contributed by atoms with Gasteiger partial charge in [-0.25, -0.2) is 14.6 Å². The van der Waals surface area contributed by atoms with Crippen molar-refractivity contribution in [2.24, 2.45) is 7.05 Å². The van der Waals surface area contributed by atoms with Gasteiger partial charge in [0.2, 0.25) is 11.8 Å². The average Bonchev–Trinajstić information content (AvgIpc) is 3.34. The van der Waals surface area contributed by atoms with Crippen molar-refractivity contribution < 1.29 is 9.15 Å². The molecular formula is C18H16BrN7O2. The van der Waals surface area contributed by atoms with Crippen LogP contribution in [0.25, 0.3) is 22.5 Å². The average molecular weight is 442 g/mol. The van der Waals surface area contributed by atoms with Crippen molar-refractivity contribution >= 4 is 32.8 Å². The summed E-state index contributed by atoms with van der Waals surface area (Å²) >= 11 is 3.52. The van der Waals surface area contributed by atoms with Gasteiger partial charge < -0.3 is 14.1 Å². The summed E-state index contributed by atoms with van der Waals surface area (Å²) in [5.74, 6) is 1.74. The highest BCUT2D eigenvalue weighted by Gasteiger charge is 2.32. The van der Waals surface area contributed by atoms with Gasteiger partial charge in [-0.2, -0.15) is 5.10 Å². The van der Waals surface area contributed by atoms with Crippen molar-refractivity contribution in [1.82, 2.24) is 29.9 Å². The summed E-state index contributed by atoms with van der Waals surface area (Å²) in [7, 11) is 1.85. The summed E-state index contributed by atoms with van der Waals surface area (Å²) in [4.78, 5) is 11.0. The fraction of sp³-hybridized carbons (Fsp3) is 0.278. The van der Waals surface area contributed by atoms with Gasteiger partial charge in [-0.3, -0.25) is 0 Å². The quantitative estimate of drug-likeness (QED) is 0.478. The van der Waals surface area contributed by atoms with E-state index < -0.39 is 0 Å². The fourth-order valence-electron chi connectivity index (χ4n) is 3.37. The van der Waals surface area contributed by atoms with E-state index in [9.17, 15) is 0 Å². The molecule has 1 aromatic carbocycles. The predicted octanol–water partition coefficient (Wildman–Crippen LogP) is 2.75. The molecule has 1 atom stereocenters. The second kappa shape index (κ2) is 6.95. The number of hydrogen-bond donors (Lipinski definition) is 0. The lowest BCUT2D eigenvalue weighted by atomic mass is 10.2. The first kappa shape index (κ1) is 17.3. The lowest BCUT2D eigenvalue weighted by Gasteiger charge is -2.34. The third kappa shape index (κ3) is 2.85. The molecular weight excluding hydrogens is 426 g/mol. The predicted molar refractivity (Wildman–Crippen MR) is 105 cm³/mol. The van der Waals surface area contributed by atoms with Crippen LogP contribution in [0.4, 0.5) is 5.82 Å². The molecule has 0 N–H and O–H groups in total. The Bertz CT molecular complexity index is 1130. The Balaban J connectivity index is 1.56. The minimum atomic E-state index is -0.246. The van der Waals surface area contributed by atoms with Crippen LogP contribution in [0, 0.1) is 0 Å². The van der Waals surface area contributed by atoms with E-state index in [0.29, 0.717) is 36.1 Å². The van der Waals surface area contributed by atoms with Gasteiger partial charge in [0.15, 0.2) is 5.65 Å². The van der Waals surface area contributed by atoms with Crippen LogP contribution in [0.5, 0.6) is 0 Å². The molecule has 1 aliphatic rings. The van der Waals surface area contributed by atoms with Gasteiger partial charge in [0.05, 0.1) is 18.6 Å². The van der Waals surface area contributed by atoms with Gasteiger partial charge in [-0.1, -0.05) is 18.2 Å². The Labute approximate surface area is 168 Å². The number of aryl methyl sites for hydroxylation is 1. The van der Waals surface area contributed by atoms with Crippen LogP contribution in [0.15, 0.2) is 45.7 Å². The zero-order chi connectivity index (χ0) is 19.1. The van der Waals surface area contributed by atoms with Crippen molar-refractivity contribution in [3.63, 3.8) is 0 Å². The molecule has 0 amide bonds. The minimum Gasteiger partial charge on any atom is -0.418 e. The first-order chi connectivity index (χ1) is 13.7. The number of halogens is 1. The minimum absolute atomic E-state index is 0.246. The first-order valence-corrected chi connectivity index (χ1v) is 9.58. The first-order valence-electron chi connectivity index (χ1n) is 8.79. The van der Waals surface area contributed by atoms with Gasteiger partial charge >= 0.3 is 0 Å². The number of ether oxygens (including phenoxy) is 1. The van der Waals surface area contributed by atoms with Gasteiger partial charge in [0.25, 0.3) is 0 Å². The molecule has 0 saturated carbocycles. The number of morpholine rings is 1. The topological polar surface area (TPSA) is 95.0 Å². The van der Waals surface area contributed by atoms with E-state index in [2.05, 4.69) is 46.1 Å². The molecule has 3 aromatic heterocycles. The summed E-state index contributed by atoms with van der Waals surface area (Å²) in [6, 6.07) is 9.45. The van der Waals surface area contributed by atoms with Crippen LogP contribution in [-0.4, -0.2) is 49.7 Å². The Morgan fingerprint density at radius 3 is 2.86 bits per heavy atom. The van der Waals surface area contributed by atoms with E-state index in [1.807, 2.05) is 37.4 Å². The Morgan fingerprint density at radius 2 is 2.00 bits per heavy atom. The van der Waals surface area contributed by atoms with E-state index in [-0.39, 0.29) is 6.04 Å². The van der Waals surface area contributed by atoms with Gasteiger partial charge in [-0.15, -0.1) is 10.2 Å².